The van der Waals surface area contributed by atoms with Gasteiger partial charge in [0.1, 0.15) is 0 Å². The molecule has 0 radical (unpaired) electrons. The third-order valence-electron chi connectivity index (χ3n) is 3.51. The average Bonchev–Trinajstić information content (AvgIpc) is 1.58. The van der Waals surface area contributed by atoms with E-state index in [0.717, 1.165) is 4.48 Å². The van der Waals surface area contributed by atoms with E-state index >= 15 is 0 Å². The van der Waals surface area contributed by atoms with Crippen LogP contribution in [0.1, 0.15) is 34.6 Å². The van der Waals surface area contributed by atoms with Crippen molar-refractivity contribution in [3.63, 3.8) is 0 Å². The SMILES string of the molecule is CC(C)(C)C(C)(C)[N+](C)(C)C. The van der Waals surface area contributed by atoms with Gasteiger partial charge in [0.15, 0.2) is 0 Å². The lowest BCUT2D eigenvalue weighted by Crippen LogP contribution is -2.60. The van der Waals surface area contributed by atoms with Gasteiger partial charge < -0.3 is 4.48 Å². The summed E-state index contributed by atoms with van der Waals surface area (Å²) in [4.78, 5) is 0. The van der Waals surface area contributed by atoms with Crippen LogP contribution in [-0.4, -0.2) is 31.2 Å². The van der Waals surface area contributed by atoms with Gasteiger partial charge in [-0.25, -0.2) is 0 Å². The molecule has 1 nitrogen and oxygen atoms in total. The van der Waals surface area contributed by atoms with Crippen molar-refractivity contribution < 1.29 is 4.48 Å². The van der Waals surface area contributed by atoms with E-state index in [4.69, 9.17) is 0 Å². The van der Waals surface area contributed by atoms with Gasteiger partial charge in [-0.1, -0.05) is 20.8 Å². The Morgan fingerprint density at radius 1 is 0.727 bits per heavy atom. The van der Waals surface area contributed by atoms with Crippen LogP contribution in [0.2, 0.25) is 0 Å². The van der Waals surface area contributed by atoms with Crippen molar-refractivity contribution in [1.82, 2.24) is 0 Å². The lowest BCUT2D eigenvalue weighted by Gasteiger charge is -2.49. The third-order valence-corrected chi connectivity index (χ3v) is 3.51. The molecule has 0 unspecified atom stereocenters. The molecular weight excluding hydrogens is 134 g/mol. The molecule has 0 aliphatic carbocycles. The molecule has 0 fully saturated rings. The largest absolute Gasteiger partial charge is 0.326 e. The van der Waals surface area contributed by atoms with Crippen molar-refractivity contribution in [3.8, 4) is 0 Å². The second-order valence-electron chi connectivity index (χ2n) is 5.82. The normalized spacial score (nSPS) is 15.3. The molecule has 0 heterocycles. The Bertz CT molecular complexity index is 116. The molecule has 0 N–H and O–H groups in total. The summed E-state index contributed by atoms with van der Waals surface area (Å²) in [6.07, 6.45) is 0. The molecule has 0 saturated carbocycles. The second kappa shape index (κ2) is 2.48. The first-order valence-electron chi connectivity index (χ1n) is 4.32. The Hall–Kier alpha value is -0.0400. The van der Waals surface area contributed by atoms with Crippen LogP contribution in [0.4, 0.5) is 0 Å². The fraction of sp³-hybridized carbons (Fsp3) is 1.00. The third kappa shape index (κ3) is 1.96. The lowest BCUT2D eigenvalue weighted by molar-refractivity contribution is -0.928. The monoisotopic (exact) mass is 158 g/mol. The van der Waals surface area contributed by atoms with Gasteiger partial charge >= 0.3 is 0 Å². The van der Waals surface area contributed by atoms with E-state index in [9.17, 15) is 0 Å². The Kier molecular flexibility index (Phi) is 2.47. The zero-order valence-corrected chi connectivity index (χ0v) is 9.45. The molecule has 0 saturated heterocycles. The summed E-state index contributed by atoms with van der Waals surface area (Å²) in [6, 6.07) is 0. The number of hydrogen-bond acceptors (Lipinski definition) is 0. The predicted molar refractivity (Wildman–Crippen MR) is 51.6 cm³/mol. The fourth-order valence-corrected chi connectivity index (χ4v) is 1.01. The summed E-state index contributed by atoms with van der Waals surface area (Å²) in [7, 11) is 6.77. The maximum Gasteiger partial charge on any atom is 0.0978 e. The van der Waals surface area contributed by atoms with E-state index in [1.165, 1.54) is 0 Å². The van der Waals surface area contributed by atoms with Crippen LogP contribution in [0.5, 0.6) is 0 Å². The summed E-state index contributed by atoms with van der Waals surface area (Å²) in [5.41, 5.74) is 0.665. The van der Waals surface area contributed by atoms with Crippen LogP contribution in [0, 0.1) is 5.41 Å². The molecule has 68 valence electrons. The first-order chi connectivity index (χ1) is 4.50. The van der Waals surface area contributed by atoms with E-state index in [2.05, 4.69) is 55.8 Å². The highest BCUT2D eigenvalue weighted by molar-refractivity contribution is 4.83. The van der Waals surface area contributed by atoms with Gasteiger partial charge in [-0.05, 0) is 13.8 Å². The first kappa shape index (κ1) is 11.0. The lowest BCUT2D eigenvalue weighted by atomic mass is 9.74. The van der Waals surface area contributed by atoms with Crippen LogP contribution in [0.25, 0.3) is 0 Å². The molecule has 0 atom stereocenters. The average molecular weight is 158 g/mol. The van der Waals surface area contributed by atoms with Crippen LogP contribution in [0.3, 0.4) is 0 Å². The minimum atomic E-state index is 0.312. The van der Waals surface area contributed by atoms with Crippen LogP contribution in [0.15, 0.2) is 0 Å². The van der Waals surface area contributed by atoms with E-state index in [0.29, 0.717) is 11.0 Å². The molecule has 0 amide bonds. The van der Waals surface area contributed by atoms with E-state index in [1.54, 1.807) is 0 Å². The molecular formula is C10H24N+. The number of rotatable bonds is 1. The molecule has 0 rings (SSSR count). The molecule has 0 aliphatic heterocycles. The molecule has 0 aliphatic rings. The highest BCUT2D eigenvalue weighted by Gasteiger charge is 2.43. The summed E-state index contributed by atoms with van der Waals surface area (Å²) in [5.74, 6) is 0. The van der Waals surface area contributed by atoms with Gasteiger partial charge in [-0.2, -0.15) is 0 Å². The van der Waals surface area contributed by atoms with Crippen LogP contribution < -0.4 is 0 Å². The standard InChI is InChI=1S/C10H24N/c1-9(2,3)10(4,5)11(6,7)8/h1-8H3/q+1. The Morgan fingerprint density at radius 3 is 1.00 bits per heavy atom. The van der Waals surface area contributed by atoms with Crippen LogP contribution in [-0.2, 0) is 0 Å². The van der Waals surface area contributed by atoms with Gasteiger partial charge in [0.05, 0.1) is 26.7 Å². The zero-order chi connectivity index (χ0) is 9.50. The van der Waals surface area contributed by atoms with Crippen molar-refractivity contribution in [2.24, 2.45) is 5.41 Å². The smallest absolute Gasteiger partial charge is 0.0978 e. The fourth-order valence-electron chi connectivity index (χ4n) is 1.01. The molecule has 1 heteroatoms. The minimum absolute atomic E-state index is 0.312. The highest BCUT2D eigenvalue weighted by atomic mass is 15.3. The molecule has 0 aromatic rings. The summed E-state index contributed by atoms with van der Waals surface area (Å²) >= 11 is 0. The zero-order valence-electron chi connectivity index (χ0n) is 9.45. The first-order valence-corrected chi connectivity index (χ1v) is 4.32. The molecule has 0 spiro atoms. The maximum atomic E-state index is 2.33. The summed E-state index contributed by atoms with van der Waals surface area (Å²) < 4.78 is 1.01. The van der Waals surface area contributed by atoms with Crippen molar-refractivity contribution >= 4 is 0 Å². The summed E-state index contributed by atoms with van der Waals surface area (Å²) in [5, 5.41) is 0. The quantitative estimate of drug-likeness (QED) is 0.514. The van der Waals surface area contributed by atoms with Gasteiger partial charge in [-0.15, -0.1) is 0 Å². The number of nitrogens with zero attached hydrogens (tertiary/aromatic N) is 1. The topological polar surface area (TPSA) is 0 Å². The molecule has 11 heavy (non-hydrogen) atoms. The summed E-state index contributed by atoms with van der Waals surface area (Å²) in [6.45, 7) is 11.6. The predicted octanol–water partition coefficient (Wildman–Crippen LogP) is 2.52. The Labute approximate surface area is 72.0 Å². The Balaban J connectivity index is 4.75. The molecule has 0 bridgehead atoms. The maximum absolute atomic E-state index is 2.33. The van der Waals surface area contributed by atoms with E-state index in [-0.39, 0.29) is 0 Å². The van der Waals surface area contributed by atoms with E-state index < -0.39 is 0 Å². The van der Waals surface area contributed by atoms with Crippen molar-refractivity contribution in [1.29, 1.82) is 0 Å². The van der Waals surface area contributed by atoms with E-state index in [1.807, 2.05) is 0 Å². The molecule has 0 aromatic heterocycles. The van der Waals surface area contributed by atoms with Gasteiger partial charge in [0.25, 0.3) is 0 Å². The second-order valence-corrected chi connectivity index (χ2v) is 5.82. The number of hydrogen-bond donors (Lipinski definition) is 0. The number of quaternary nitrogens is 1. The van der Waals surface area contributed by atoms with Gasteiger partial charge in [-0.3, -0.25) is 0 Å². The molecule has 0 aromatic carbocycles. The minimum Gasteiger partial charge on any atom is -0.326 e. The van der Waals surface area contributed by atoms with Gasteiger partial charge in [0.2, 0.25) is 0 Å². The van der Waals surface area contributed by atoms with Crippen molar-refractivity contribution in [2.45, 2.75) is 40.2 Å². The highest BCUT2D eigenvalue weighted by Crippen LogP contribution is 2.36. The van der Waals surface area contributed by atoms with Crippen LogP contribution >= 0.6 is 0 Å². The van der Waals surface area contributed by atoms with Crippen molar-refractivity contribution in [3.05, 3.63) is 0 Å². The Morgan fingerprint density at radius 2 is 1.00 bits per heavy atom. The van der Waals surface area contributed by atoms with Gasteiger partial charge in [0, 0.05) is 5.41 Å². The van der Waals surface area contributed by atoms with Crippen molar-refractivity contribution in [2.75, 3.05) is 21.1 Å².